The Labute approximate surface area is 171 Å². The quantitative estimate of drug-likeness (QED) is 0.661. The minimum absolute atomic E-state index is 0.0342. The molecule has 2 aromatic carbocycles. The van der Waals surface area contributed by atoms with Gasteiger partial charge in [0, 0.05) is 17.3 Å². The Morgan fingerprint density at radius 3 is 2.32 bits per heavy atom. The van der Waals surface area contributed by atoms with Crippen LogP contribution in [-0.2, 0) is 10.0 Å². The van der Waals surface area contributed by atoms with Crippen LogP contribution in [0.3, 0.4) is 0 Å². The molecule has 2 rings (SSSR count). The highest BCUT2D eigenvalue weighted by Gasteiger charge is 2.21. The van der Waals surface area contributed by atoms with E-state index in [9.17, 15) is 13.2 Å². The number of nitrogens with one attached hydrogen (secondary N) is 2. The molecule has 0 bridgehead atoms. The second-order valence-corrected chi connectivity index (χ2v) is 8.77. The third-order valence-electron chi connectivity index (χ3n) is 4.26. The summed E-state index contributed by atoms with van der Waals surface area (Å²) in [5.74, 6) is 0.539. The summed E-state index contributed by atoms with van der Waals surface area (Å²) in [6.07, 6.45) is 0. The fourth-order valence-corrected chi connectivity index (χ4v) is 3.89. The van der Waals surface area contributed by atoms with Crippen LogP contribution in [0.5, 0.6) is 5.75 Å². The molecule has 1 atom stereocenters. The summed E-state index contributed by atoms with van der Waals surface area (Å²) in [5, 5.41) is 2.88. The predicted molar refractivity (Wildman–Crippen MR) is 112 cm³/mol. The lowest BCUT2D eigenvalue weighted by Crippen LogP contribution is -2.36. The predicted octanol–water partition coefficient (Wildman–Crippen LogP) is 4.31. The topological polar surface area (TPSA) is 84.5 Å². The van der Waals surface area contributed by atoms with Gasteiger partial charge in [-0.15, -0.1) is 0 Å². The smallest absolute Gasteiger partial charge is 0.263 e. The molecule has 1 amide bonds. The van der Waals surface area contributed by atoms with E-state index >= 15 is 0 Å². The van der Waals surface area contributed by atoms with Crippen LogP contribution in [0.4, 0.5) is 5.69 Å². The number of halogens is 1. The Hall–Kier alpha value is -2.25. The van der Waals surface area contributed by atoms with Gasteiger partial charge < -0.3 is 10.1 Å². The summed E-state index contributed by atoms with van der Waals surface area (Å²) in [6.45, 7) is 8.26. The minimum Gasteiger partial charge on any atom is -0.494 e. The number of sulfonamides is 1. The van der Waals surface area contributed by atoms with Gasteiger partial charge in [-0.1, -0.05) is 25.4 Å². The molecule has 0 aromatic heterocycles. The largest absolute Gasteiger partial charge is 0.494 e. The fraction of sp³-hybridized carbons (Fsp3) is 0.350. The molecular weight excluding hydrogens is 400 g/mol. The molecule has 0 aliphatic heterocycles. The molecule has 28 heavy (non-hydrogen) atoms. The van der Waals surface area contributed by atoms with E-state index < -0.39 is 10.0 Å². The zero-order valence-electron chi connectivity index (χ0n) is 16.3. The molecule has 0 spiro atoms. The van der Waals surface area contributed by atoms with Crippen LogP contribution in [-0.4, -0.2) is 27.0 Å². The monoisotopic (exact) mass is 424 g/mol. The first kappa shape index (κ1) is 22.0. The number of anilines is 1. The normalized spacial score (nSPS) is 12.5. The number of benzene rings is 2. The van der Waals surface area contributed by atoms with Crippen molar-refractivity contribution in [3.63, 3.8) is 0 Å². The maximum absolute atomic E-state index is 12.8. The molecular formula is C20H25ClN2O4S. The molecule has 6 nitrogen and oxygen atoms in total. The van der Waals surface area contributed by atoms with Gasteiger partial charge in [-0.05, 0) is 62.2 Å². The van der Waals surface area contributed by atoms with Crippen LogP contribution in [0, 0.1) is 5.92 Å². The summed E-state index contributed by atoms with van der Waals surface area (Å²) < 4.78 is 33.4. The number of carbonyl (C=O) groups is 1. The van der Waals surface area contributed by atoms with E-state index in [0.717, 1.165) is 0 Å². The summed E-state index contributed by atoms with van der Waals surface area (Å²) in [6, 6.07) is 10.7. The summed E-state index contributed by atoms with van der Waals surface area (Å²) in [4.78, 5) is 12.3. The van der Waals surface area contributed by atoms with Crippen molar-refractivity contribution < 1.29 is 17.9 Å². The Balaban J connectivity index is 2.26. The minimum atomic E-state index is -3.97. The SMILES string of the molecule is CCOc1ccc(NS(=O)(=O)c2cc(C(=O)NC(C)C(C)C)ccc2Cl)cc1. The van der Waals surface area contributed by atoms with Gasteiger partial charge in [0.15, 0.2) is 0 Å². The van der Waals surface area contributed by atoms with Crippen molar-refractivity contribution >= 4 is 33.2 Å². The van der Waals surface area contributed by atoms with E-state index in [0.29, 0.717) is 18.0 Å². The van der Waals surface area contributed by atoms with Crippen molar-refractivity contribution in [1.82, 2.24) is 5.32 Å². The lowest BCUT2D eigenvalue weighted by atomic mass is 10.1. The highest BCUT2D eigenvalue weighted by atomic mass is 35.5. The molecule has 0 aliphatic carbocycles. The lowest BCUT2D eigenvalue weighted by Gasteiger charge is -2.18. The maximum Gasteiger partial charge on any atom is 0.263 e. The van der Waals surface area contributed by atoms with Crippen molar-refractivity contribution in [3.05, 3.63) is 53.1 Å². The number of amides is 1. The Kier molecular flexibility index (Phi) is 7.32. The molecule has 0 heterocycles. The first-order valence-corrected chi connectivity index (χ1v) is 10.9. The summed E-state index contributed by atoms with van der Waals surface area (Å²) in [5.41, 5.74) is 0.590. The van der Waals surface area contributed by atoms with Crippen LogP contribution in [0.15, 0.2) is 47.4 Å². The molecule has 0 saturated carbocycles. The van der Waals surface area contributed by atoms with Gasteiger partial charge in [0.2, 0.25) is 0 Å². The zero-order valence-corrected chi connectivity index (χ0v) is 17.9. The number of rotatable bonds is 8. The van der Waals surface area contributed by atoms with Crippen LogP contribution < -0.4 is 14.8 Å². The molecule has 0 radical (unpaired) electrons. The van der Waals surface area contributed by atoms with Crippen molar-refractivity contribution in [2.24, 2.45) is 5.92 Å². The average molecular weight is 425 g/mol. The Bertz CT molecular complexity index is 928. The van der Waals surface area contributed by atoms with Gasteiger partial charge in [-0.25, -0.2) is 8.42 Å². The lowest BCUT2D eigenvalue weighted by molar-refractivity contribution is 0.0930. The molecule has 8 heteroatoms. The third kappa shape index (κ3) is 5.62. The molecule has 152 valence electrons. The Morgan fingerprint density at radius 2 is 1.75 bits per heavy atom. The first-order chi connectivity index (χ1) is 13.1. The van der Waals surface area contributed by atoms with E-state index in [1.807, 2.05) is 27.7 Å². The number of hydrogen-bond donors (Lipinski definition) is 2. The van der Waals surface area contributed by atoms with E-state index in [1.165, 1.54) is 18.2 Å². The van der Waals surface area contributed by atoms with Gasteiger partial charge >= 0.3 is 0 Å². The highest BCUT2D eigenvalue weighted by Crippen LogP contribution is 2.26. The van der Waals surface area contributed by atoms with Gasteiger partial charge in [0.05, 0.1) is 11.6 Å². The van der Waals surface area contributed by atoms with E-state index in [2.05, 4.69) is 10.0 Å². The van der Waals surface area contributed by atoms with Gasteiger partial charge in [-0.2, -0.15) is 0 Å². The second kappa shape index (κ2) is 9.30. The molecule has 0 fully saturated rings. The van der Waals surface area contributed by atoms with Crippen molar-refractivity contribution in [2.45, 2.75) is 38.6 Å². The maximum atomic E-state index is 12.8. The number of hydrogen-bond acceptors (Lipinski definition) is 4. The Morgan fingerprint density at radius 1 is 1.11 bits per heavy atom. The highest BCUT2D eigenvalue weighted by molar-refractivity contribution is 7.92. The van der Waals surface area contributed by atoms with Crippen molar-refractivity contribution in [3.8, 4) is 5.75 Å². The third-order valence-corrected chi connectivity index (χ3v) is 6.12. The molecule has 0 saturated heterocycles. The number of carbonyl (C=O) groups excluding carboxylic acids is 1. The van der Waals surface area contributed by atoms with Crippen LogP contribution in [0.25, 0.3) is 0 Å². The van der Waals surface area contributed by atoms with E-state index in [1.54, 1.807) is 24.3 Å². The van der Waals surface area contributed by atoms with Crippen LogP contribution in [0.1, 0.15) is 38.1 Å². The van der Waals surface area contributed by atoms with E-state index in [-0.39, 0.29) is 33.3 Å². The van der Waals surface area contributed by atoms with Crippen molar-refractivity contribution in [1.29, 1.82) is 0 Å². The van der Waals surface area contributed by atoms with Gasteiger partial charge in [0.1, 0.15) is 10.6 Å². The van der Waals surface area contributed by atoms with Gasteiger partial charge in [0.25, 0.3) is 15.9 Å². The van der Waals surface area contributed by atoms with Crippen LogP contribution >= 0.6 is 11.6 Å². The van der Waals surface area contributed by atoms with Crippen LogP contribution in [0.2, 0.25) is 5.02 Å². The van der Waals surface area contributed by atoms with Crippen molar-refractivity contribution in [2.75, 3.05) is 11.3 Å². The molecule has 0 aliphatic rings. The number of ether oxygens (including phenoxy) is 1. The average Bonchev–Trinajstić information content (AvgIpc) is 2.63. The van der Waals surface area contributed by atoms with E-state index in [4.69, 9.17) is 16.3 Å². The molecule has 2 N–H and O–H groups in total. The summed E-state index contributed by atoms with van der Waals surface area (Å²) >= 11 is 6.10. The fourth-order valence-electron chi connectivity index (χ4n) is 2.30. The first-order valence-electron chi connectivity index (χ1n) is 9.00. The standard InChI is InChI=1S/C20H25ClN2O4S/c1-5-27-17-9-7-16(8-10-17)23-28(25,26)19-12-15(6-11-18(19)21)20(24)22-14(4)13(2)3/h6-14,23H,5H2,1-4H3,(H,22,24). The molecule has 1 unspecified atom stereocenters. The molecule has 2 aromatic rings. The zero-order chi connectivity index (χ0) is 20.9. The second-order valence-electron chi connectivity index (χ2n) is 6.71. The van der Waals surface area contributed by atoms with Gasteiger partial charge in [-0.3, -0.25) is 9.52 Å². The summed E-state index contributed by atoms with van der Waals surface area (Å²) in [7, 11) is -3.97.